The standard InChI is InChI=1S/C24H22N2O3/c1-24(19-13-7-3-8-14-19)21(28-23(27)26-20-15-9-4-10-16-20)17-25-22(29-24)18-11-5-2-6-12-18/h2-16,21H,17H2,1H3,(H,26,27). The van der Waals surface area contributed by atoms with E-state index >= 15 is 0 Å². The molecule has 0 saturated heterocycles. The molecule has 29 heavy (non-hydrogen) atoms. The van der Waals surface area contributed by atoms with Crippen LogP contribution in [0.3, 0.4) is 0 Å². The van der Waals surface area contributed by atoms with Crippen molar-refractivity contribution in [2.75, 3.05) is 11.9 Å². The quantitative estimate of drug-likeness (QED) is 0.687. The van der Waals surface area contributed by atoms with E-state index < -0.39 is 17.8 Å². The number of rotatable bonds is 4. The number of para-hydroxylation sites is 1. The predicted molar refractivity (Wildman–Crippen MR) is 113 cm³/mol. The molecule has 0 fully saturated rings. The Balaban J connectivity index is 1.60. The zero-order valence-corrected chi connectivity index (χ0v) is 16.1. The Kier molecular flexibility index (Phi) is 5.29. The molecule has 1 heterocycles. The SMILES string of the molecule is CC1(c2ccccc2)OC(c2ccccc2)=NCC1OC(=O)Nc1ccccc1. The lowest BCUT2D eigenvalue weighted by molar-refractivity contribution is -0.0637. The molecule has 3 aromatic carbocycles. The maximum atomic E-state index is 12.5. The minimum atomic E-state index is -0.873. The van der Waals surface area contributed by atoms with Gasteiger partial charge in [0.2, 0.25) is 5.90 Å². The number of carbonyl (C=O) groups is 1. The van der Waals surface area contributed by atoms with Gasteiger partial charge in [-0.3, -0.25) is 5.32 Å². The summed E-state index contributed by atoms with van der Waals surface area (Å²) in [6.45, 7) is 2.23. The van der Waals surface area contributed by atoms with Gasteiger partial charge < -0.3 is 9.47 Å². The summed E-state index contributed by atoms with van der Waals surface area (Å²) in [7, 11) is 0. The van der Waals surface area contributed by atoms with Crippen molar-refractivity contribution in [2.45, 2.75) is 18.6 Å². The second-order valence-corrected chi connectivity index (χ2v) is 6.97. The highest BCUT2D eigenvalue weighted by molar-refractivity contribution is 5.95. The molecule has 0 spiro atoms. The molecular weight excluding hydrogens is 364 g/mol. The van der Waals surface area contributed by atoms with Gasteiger partial charge >= 0.3 is 6.09 Å². The van der Waals surface area contributed by atoms with Crippen LogP contribution in [0.1, 0.15) is 18.1 Å². The summed E-state index contributed by atoms with van der Waals surface area (Å²) in [4.78, 5) is 17.1. The number of ether oxygens (including phenoxy) is 2. The third-order valence-corrected chi connectivity index (χ3v) is 4.96. The van der Waals surface area contributed by atoms with Crippen molar-refractivity contribution in [3.8, 4) is 0 Å². The Labute approximate surface area is 170 Å². The van der Waals surface area contributed by atoms with E-state index in [-0.39, 0.29) is 0 Å². The molecule has 1 aliphatic heterocycles. The van der Waals surface area contributed by atoms with Crippen LogP contribution in [0.25, 0.3) is 0 Å². The molecular formula is C24H22N2O3. The summed E-state index contributed by atoms with van der Waals surface area (Å²) in [5.41, 5.74) is 1.61. The van der Waals surface area contributed by atoms with Gasteiger partial charge in [0.15, 0.2) is 11.7 Å². The van der Waals surface area contributed by atoms with Gasteiger partial charge in [-0.2, -0.15) is 0 Å². The van der Waals surface area contributed by atoms with Gasteiger partial charge in [0.05, 0.1) is 6.54 Å². The number of benzene rings is 3. The molecule has 1 amide bonds. The average Bonchev–Trinajstić information content (AvgIpc) is 2.77. The molecule has 0 saturated carbocycles. The Morgan fingerprint density at radius 3 is 2.21 bits per heavy atom. The number of nitrogens with zero attached hydrogens (tertiary/aromatic N) is 1. The molecule has 0 aromatic heterocycles. The van der Waals surface area contributed by atoms with Crippen LogP contribution in [0.15, 0.2) is 96.0 Å². The van der Waals surface area contributed by atoms with E-state index in [0.29, 0.717) is 18.1 Å². The van der Waals surface area contributed by atoms with Gasteiger partial charge in [0, 0.05) is 11.3 Å². The van der Waals surface area contributed by atoms with Gasteiger partial charge in [-0.05, 0) is 36.8 Å². The Morgan fingerprint density at radius 2 is 1.55 bits per heavy atom. The van der Waals surface area contributed by atoms with E-state index in [2.05, 4.69) is 10.3 Å². The molecule has 146 valence electrons. The molecule has 5 heteroatoms. The summed E-state index contributed by atoms with van der Waals surface area (Å²) in [6.07, 6.45) is -1.12. The summed E-state index contributed by atoms with van der Waals surface area (Å²) in [6, 6.07) is 28.7. The lowest BCUT2D eigenvalue weighted by atomic mass is 9.88. The minimum absolute atomic E-state index is 0.303. The fraction of sp³-hybridized carbons (Fsp3) is 0.167. The third kappa shape index (κ3) is 4.14. The highest BCUT2D eigenvalue weighted by atomic mass is 16.6. The summed E-state index contributed by atoms with van der Waals surface area (Å²) in [5, 5.41) is 2.76. The zero-order chi connectivity index (χ0) is 20.1. The molecule has 3 aromatic rings. The van der Waals surface area contributed by atoms with Gasteiger partial charge in [0.25, 0.3) is 0 Å². The maximum Gasteiger partial charge on any atom is 0.412 e. The fourth-order valence-electron chi connectivity index (χ4n) is 3.33. The van der Waals surface area contributed by atoms with E-state index in [9.17, 15) is 4.79 Å². The molecule has 4 rings (SSSR count). The van der Waals surface area contributed by atoms with Crippen LogP contribution >= 0.6 is 0 Å². The first kappa shape index (κ1) is 18.7. The van der Waals surface area contributed by atoms with Gasteiger partial charge in [-0.15, -0.1) is 0 Å². The average molecular weight is 386 g/mol. The first-order chi connectivity index (χ1) is 14.1. The van der Waals surface area contributed by atoms with E-state index in [0.717, 1.165) is 11.1 Å². The largest absolute Gasteiger partial charge is 0.462 e. The van der Waals surface area contributed by atoms with Crippen LogP contribution in [0.2, 0.25) is 0 Å². The first-order valence-electron chi connectivity index (χ1n) is 9.52. The summed E-state index contributed by atoms with van der Waals surface area (Å²) in [5.74, 6) is 0.542. The van der Waals surface area contributed by atoms with Crippen LogP contribution in [-0.4, -0.2) is 24.6 Å². The highest BCUT2D eigenvalue weighted by Crippen LogP contribution is 2.35. The van der Waals surface area contributed by atoms with Crippen molar-refractivity contribution in [1.82, 2.24) is 0 Å². The maximum absolute atomic E-state index is 12.5. The topological polar surface area (TPSA) is 59.9 Å². The number of hydrogen-bond acceptors (Lipinski definition) is 4. The predicted octanol–water partition coefficient (Wildman–Crippen LogP) is 5.00. The van der Waals surface area contributed by atoms with Crippen molar-refractivity contribution < 1.29 is 14.3 Å². The minimum Gasteiger partial charge on any atom is -0.462 e. The van der Waals surface area contributed by atoms with Crippen LogP contribution in [0.5, 0.6) is 0 Å². The van der Waals surface area contributed by atoms with Crippen molar-refractivity contribution in [3.63, 3.8) is 0 Å². The van der Waals surface area contributed by atoms with E-state index in [4.69, 9.17) is 9.47 Å². The molecule has 0 radical (unpaired) electrons. The van der Waals surface area contributed by atoms with Crippen LogP contribution in [0.4, 0.5) is 10.5 Å². The number of anilines is 1. The first-order valence-corrected chi connectivity index (χ1v) is 9.52. The van der Waals surface area contributed by atoms with Crippen molar-refractivity contribution >= 4 is 17.7 Å². The Bertz CT molecular complexity index is 990. The van der Waals surface area contributed by atoms with Gasteiger partial charge in [-0.25, -0.2) is 9.79 Å². The molecule has 2 unspecified atom stereocenters. The van der Waals surface area contributed by atoms with Gasteiger partial charge in [-0.1, -0.05) is 66.7 Å². The Morgan fingerprint density at radius 1 is 0.966 bits per heavy atom. The van der Waals surface area contributed by atoms with E-state index in [1.54, 1.807) is 12.1 Å². The van der Waals surface area contributed by atoms with Gasteiger partial charge in [0.1, 0.15) is 0 Å². The number of aliphatic imine (C=N–C) groups is 1. The van der Waals surface area contributed by atoms with Crippen LogP contribution in [-0.2, 0) is 15.1 Å². The number of amides is 1. The van der Waals surface area contributed by atoms with Crippen molar-refractivity contribution in [2.24, 2.45) is 4.99 Å². The second kappa shape index (κ2) is 8.19. The third-order valence-electron chi connectivity index (χ3n) is 4.96. The van der Waals surface area contributed by atoms with Crippen LogP contribution < -0.4 is 5.32 Å². The van der Waals surface area contributed by atoms with E-state index in [1.165, 1.54) is 0 Å². The van der Waals surface area contributed by atoms with Crippen molar-refractivity contribution in [3.05, 3.63) is 102 Å². The molecule has 2 atom stereocenters. The molecule has 1 aliphatic rings. The zero-order valence-electron chi connectivity index (χ0n) is 16.1. The second-order valence-electron chi connectivity index (χ2n) is 6.97. The molecule has 0 bridgehead atoms. The monoisotopic (exact) mass is 386 g/mol. The number of nitrogens with one attached hydrogen (secondary N) is 1. The molecule has 0 aliphatic carbocycles. The Hall–Kier alpha value is -3.60. The normalized spacial score (nSPS) is 20.9. The van der Waals surface area contributed by atoms with Crippen molar-refractivity contribution in [1.29, 1.82) is 0 Å². The summed E-state index contributed by atoms with van der Waals surface area (Å²) < 4.78 is 12.1. The molecule has 5 nitrogen and oxygen atoms in total. The number of hydrogen-bond donors (Lipinski definition) is 1. The fourth-order valence-corrected chi connectivity index (χ4v) is 3.33. The highest BCUT2D eigenvalue weighted by Gasteiger charge is 2.44. The van der Waals surface area contributed by atoms with Crippen LogP contribution in [0, 0.1) is 0 Å². The summed E-state index contributed by atoms with van der Waals surface area (Å²) >= 11 is 0. The number of carbonyl (C=O) groups excluding carboxylic acids is 1. The lowest BCUT2D eigenvalue weighted by Crippen LogP contribution is -2.49. The van der Waals surface area contributed by atoms with E-state index in [1.807, 2.05) is 85.8 Å². The molecule has 1 N–H and O–H groups in total. The smallest absolute Gasteiger partial charge is 0.412 e. The lowest BCUT2D eigenvalue weighted by Gasteiger charge is -2.40.